The number of aromatic nitrogens is 1. The normalized spacial score (nSPS) is 10.2. The molecule has 0 aromatic carbocycles. The van der Waals surface area contributed by atoms with Crippen molar-refractivity contribution < 1.29 is 13.6 Å². The van der Waals surface area contributed by atoms with Crippen LogP contribution < -0.4 is 5.32 Å². The van der Waals surface area contributed by atoms with E-state index in [2.05, 4.69) is 10.3 Å². The number of pyridine rings is 1. The maximum atomic E-state index is 13.1. The van der Waals surface area contributed by atoms with E-state index in [1.807, 2.05) is 6.26 Å². The highest BCUT2D eigenvalue weighted by Crippen LogP contribution is 2.08. The molecule has 0 bridgehead atoms. The molecule has 0 saturated carbocycles. The Kier molecular flexibility index (Phi) is 5.18. The molecule has 0 saturated heterocycles. The molecule has 0 spiro atoms. The van der Waals surface area contributed by atoms with Crippen molar-refractivity contribution in [3.8, 4) is 0 Å². The summed E-state index contributed by atoms with van der Waals surface area (Å²) in [6.45, 7) is 0.447. The average Bonchev–Trinajstić information content (AvgIpc) is 2.28. The van der Waals surface area contributed by atoms with E-state index in [0.717, 1.165) is 24.4 Å². The van der Waals surface area contributed by atoms with Crippen molar-refractivity contribution in [1.82, 2.24) is 10.3 Å². The first-order valence-corrected chi connectivity index (χ1v) is 6.13. The zero-order valence-corrected chi connectivity index (χ0v) is 9.61. The van der Waals surface area contributed by atoms with Gasteiger partial charge in [-0.1, -0.05) is 0 Å². The molecular formula is C10H12F2N2OS. The number of nitrogens with one attached hydrogen (secondary N) is 1. The van der Waals surface area contributed by atoms with Crippen molar-refractivity contribution in [2.45, 2.75) is 6.42 Å². The van der Waals surface area contributed by atoms with Gasteiger partial charge in [0.25, 0.3) is 5.91 Å². The third kappa shape index (κ3) is 3.44. The quantitative estimate of drug-likeness (QED) is 0.636. The fourth-order valence-electron chi connectivity index (χ4n) is 1.11. The first-order valence-electron chi connectivity index (χ1n) is 4.74. The minimum absolute atomic E-state index is 0.309. The Hall–Kier alpha value is -1.17. The van der Waals surface area contributed by atoms with Gasteiger partial charge in [-0.2, -0.15) is 16.2 Å². The minimum Gasteiger partial charge on any atom is -0.352 e. The lowest BCUT2D eigenvalue weighted by atomic mass is 10.2. The van der Waals surface area contributed by atoms with Crippen LogP contribution in [-0.4, -0.2) is 29.4 Å². The Balaban J connectivity index is 2.56. The number of halogens is 2. The van der Waals surface area contributed by atoms with E-state index in [0.29, 0.717) is 6.54 Å². The summed E-state index contributed by atoms with van der Waals surface area (Å²) in [5.74, 6) is -2.16. The molecule has 1 aromatic heterocycles. The summed E-state index contributed by atoms with van der Waals surface area (Å²) in [5, 5.41) is 2.52. The van der Waals surface area contributed by atoms with Crippen LogP contribution in [0.5, 0.6) is 0 Å². The number of amides is 1. The molecule has 16 heavy (non-hydrogen) atoms. The molecule has 0 aliphatic carbocycles. The first kappa shape index (κ1) is 12.9. The van der Waals surface area contributed by atoms with Gasteiger partial charge in [-0.05, 0) is 24.5 Å². The molecular weight excluding hydrogens is 234 g/mol. The number of carbonyl (C=O) groups excluding carboxylic acids is 1. The monoisotopic (exact) mass is 246 g/mol. The predicted octanol–water partition coefficient (Wildman–Crippen LogP) is 1.84. The van der Waals surface area contributed by atoms with Crippen molar-refractivity contribution >= 4 is 17.7 Å². The number of thioether (sulfide) groups is 1. The van der Waals surface area contributed by atoms with Crippen LogP contribution in [0.3, 0.4) is 0 Å². The Bertz CT molecular complexity index is 374. The van der Waals surface area contributed by atoms with E-state index in [1.54, 1.807) is 11.8 Å². The second kappa shape index (κ2) is 6.42. The average molecular weight is 246 g/mol. The van der Waals surface area contributed by atoms with Gasteiger partial charge in [0.2, 0.25) is 5.95 Å². The third-order valence-electron chi connectivity index (χ3n) is 1.90. The number of hydrogen-bond acceptors (Lipinski definition) is 3. The Morgan fingerprint density at radius 1 is 1.56 bits per heavy atom. The Labute approximate surface area is 96.6 Å². The van der Waals surface area contributed by atoms with Crippen molar-refractivity contribution in [2.24, 2.45) is 0 Å². The standard InChI is InChI=1S/C10H12F2N2OS/c1-16-6-2-4-14-10(15)7-3-5-13-9(12)8(7)11/h3,5H,2,4,6H2,1H3,(H,14,15). The summed E-state index contributed by atoms with van der Waals surface area (Å²) in [7, 11) is 0. The number of carbonyl (C=O) groups is 1. The molecule has 1 rings (SSSR count). The van der Waals surface area contributed by atoms with Gasteiger partial charge in [-0.25, -0.2) is 9.37 Å². The van der Waals surface area contributed by atoms with E-state index >= 15 is 0 Å². The van der Waals surface area contributed by atoms with Crippen LogP contribution in [0.15, 0.2) is 12.3 Å². The van der Waals surface area contributed by atoms with E-state index in [1.165, 1.54) is 0 Å². The van der Waals surface area contributed by atoms with Gasteiger partial charge in [0, 0.05) is 12.7 Å². The van der Waals surface area contributed by atoms with Crippen LogP contribution in [0.1, 0.15) is 16.8 Å². The van der Waals surface area contributed by atoms with Gasteiger partial charge in [0.05, 0.1) is 5.56 Å². The second-order valence-corrected chi connectivity index (χ2v) is 4.05. The maximum absolute atomic E-state index is 13.1. The second-order valence-electron chi connectivity index (χ2n) is 3.07. The lowest BCUT2D eigenvalue weighted by Gasteiger charge is -2.05. The number of rotatable bonds is 5. The minimum atomic E-state index is -1.25. The lowest BCUT2D eigenvalue weighted by molar-refractivity contribution is 0.0948. The van der Waals surface area contributed by atoms with Gasteiger partial charge in [-0.3, -0.25) is 4.79 Å². The zero-order chi connectivity index (χ0) is 12.0. The lowest BCUT2D eigenvalue weighted by Crippen LogP contribution is -2.26. The third-order valence-corrected chi connectivity index (χ3v) is 2.60. The molecule has 0 aliphatic rings. The molecule has 6 heteroatoms. The molecule has 3 nitrogen and oxygen atoms in total. The fourth-order valence-corrected chi connectivity index (χ4v) is 1.54. The van der Waals surface area contributed by atoms with Gasteiger partial charge < -0.3 is 5.32 Å². The van der Waals surface area contributed by atoms with Crippen molar-refractivity contribution in [3.63, 3.8) is 0 Å². The summed E-state index contributed by atoms with van der Waals surface area (Å²) in [6.07, 6.45) is 3.82. The molecule has 1 amide bonds. The van der Waals surface area contributed by atoms with E-state index in [-0.39, 0.29) is 5.56 Å². The highest BCUT2D eigenvalue weighted by atomic mass is 32.2. The Morgan fingerprint density at radius 2 is 2.31 bits per heavy atom. The molecule has 0 atom stereocenters. The smallest absolute Gasteiger partial charge is 0.254 e. The fraction of sp³-hybridized carbons (Fsp3) is 0.400. The molecule has 1 heterocycles. The molecule has 0 fully saturated rings. The van der Waals surface area contributed by atoms with Crippen LogP contribution in [-0.2, 0) is 0 Å². The van der Waals surface area contributed by atoms with Crippen molar-refractivity contribution in [2.75, 3.05) is 18.6 Å². The molecule has 1 aromatic rings. The van der Waals surface area contributed by atoms with E-state index in [9.17, 15) is 13.6 Å². The van der Waals surface area contributed by atoms with Crippen molar-refractivity contribution in [3.05, 3.63) is 29.6 Å². The molecule has 88 valence electrons. The maximum Gasteiger partial charge on any atom is 0.254 e. The molecule has 0 radical (unpaired) electrons. The van der Waals surface area contributed by atoms with Crippen LogP contribution in [0, 0.1) is 11.8 Å². The van der Waals surface area contributed by atoms with E-state index in [4.69, 9.17) is 0 Å². The predicted molar refractivity (Wildman–Crippen MR) is 59.5 cm³/mol. The van der Waals surface area contributed by atoms with Crippen molar-refractivity contribution in [1.29, 1.82) is 0 Å². The van der Waals surface area contributed by atoms with Gasteiger partial charge in [0.15, 0.2) is 5.82 Å². The van der Waals surface area contributed by atoms with Gasteiger partial charge in [-0.15, -0.1) is 0 Å². The first-order chi connectivity index (χ1) is 7.66. The summed E-state index contributed by atoms with van der Waals surface area (Å²) >= 11 is 1.66. The van der Waals surface area contributed by atoms with Crippen LogP contribution >= 0.6 is 11.8 Å². The van der Waals surface area contributed by atoms with Gasteiger partial charge >= 0.3 is 0 Å². The summed E-state index contributed by atoms with van der Waals surface area (Å²) in [5.41, 5.74) is -0.309. The van der Waals surface area contributed by atoms with Crippen LogP contribution in [0.2, 0.25) is 0 Å². The Morgan fingerprint density at radius 3 is 3.00 bits per heavy atom. The number of hydrogen-bond donors (Lipinski definition) is 1. The highest BCUT2D eigenvalue weighted by Gasteiger charge is 2.15. The van der Waals surface area contributed by atoms with E-state index < -0.39 is 17.7 Å². The summed E-state index contributed by atoms with van der Waals surface area (Å²) < 4.78 is 25.8. The summed E-state index contributed by atoms with van der Waals surface area (Å²) in [6, 6.07) is 1.16. The molecule has 0 aliphatic heterocycles. The summed E-state index contributed by atoms with van der Waals surface area (Å²) in [4.78, 5) is 14.5. The highest BCUT2D eigenvalue weighted by molar-refractivity contribution is 7.98. The SMILES string of the molecule is CSCCCNC(=O)c1ccnc(F)c1F. The van der Waals surface area contributed by atoms with Crippen LogP contribution in [0.4, 0.5) is 8.78 Å². The van der Waals surface area contributed by atoms with Gasteiger partial charge in [0.1, 0.15) is 0 Å². The number of nitrogens with zero attached hydrogens (tertiary/aromatic N) is 1. The van der Waals surface area contributed by atoms with Crippen LogP contribution in [0.25, 0.3) is 0 Å². The largest absolute Gasteiger partial charge is 0.352 e. The zero-order valence-electron chi connectivity index (χ0n) is 8.80. The topological polar surface area (TPSA) is 42.0 Å². The molecule has 0 unspecified atom stereocenters. The molecule has 1 N–H and O–H groups in total.